The van der Waals surface area contributed by atoms with E-state index in [1.165, 1.54) is 0 Å². The van der Waals surface area contributed by atoms with Gasteiger partial charge in [-0.2, -0.15) is 11.8 Å². The number of ether oxygens (including phenoxy) is 1. The lowest BCUT2D eigenvalue weighted by molar-refractivity contribution is -0.126. The van der Waals surface area contributed by atoms with E-state index in [1.54, 1.807) is 11.8 Å². The van der Waals surface area contributed by atoms with Gasteiger partial charge in [0.25, 0.3) is 0 Å². The van der Waals surface area contributed by atoms with Crippen molar-refractivity contribution in [2.45, 2.75) is 31.2 Å². The lowest BCUT2D eigenvalue weighted by Gasteiger charge is -2.22. The SMILES string of the molecule is Cl.NC1(C(=O)NCCSCCOc2cccc(Br)c2)CCCC1. The fourth-order valence-electron chi connectivity index (χ4n) is 2.52. The molecule has 0 bridgehead atoms. The largest absolute Gasteiger partial charge is 0.493 e. The summed E-state index contributed by atoms with van der Waals surface area (Å²) in [6.07, 6.45) is 3.75. The number of carbonyl (C=O) groups excluding carboxylic acids is 1. The Labute approximate surface area is 156 Å². The zero-order chi connectivity index (χ0) is 15.8. The fourth-order valence-corrected chi connectivity index (χ4v) is 3.55. The van der Waals surface area contributed by atoms with Crippen LogP contribution in [-0.4, -0.2) is 36.1 Å². The van der Waals surface area contributed by atoms with Crippen molar-refractivity contribution < 1.29 is 9.53 Å². The van der Waals surface area contributed by atoms with Gasteiger partial charge < -0.3 is 15.8 Å². The number of carbonyl (C=O) groups is 1. The molecule has 1 amide bonds. The molecule has 1 aliphatic rings. The highest BCUT2D eigenvalue weighted by atomic mass is 79.9. The van der Waals surface area contributed by atoms with E-state index >= 15 is 0 Å². The maximum absolute atomic E-state index is 12.0. The number of benzene rings is 1. The maximum Gasteiger partial charge on any atom is 0.240 e. The highest BCUT2D eigenvalue weighted by Gasteiger charge is 2.36. The second kappa shape index (κ2) is 10.4. The molecule has 0 heterocycles. The zero-order valence-electron chi connectivity index (χ0n) is 13.1. The summed E-state index contributed by atoms with van der Waals surface area (Å²) < 4.78 is 6.67. The van der Waals surface area contributed by atoms with Gasteiger partial charge in [-0.05, 0) is 31.0 Å². The highest BCUT2D eigenvalue weighted by Crippen LogP contribution is 2.27. The number of rotatable bonds is 8. The number of thioether (sulfide) groups is 1. The number of nitrogens with two attached hydrogens (primary N) is 1. The van der Waals surface area contributed by atoms with Gasteiger partial charge in [0.2, 0.25) is 5.91 Å². The van der Waals surface area contributed by atoms with E-state index in [9.17, 15) is 4.79 Å². The summed E-state index contributed by atoms with van der Waals surface area (Å²) in [6.45, 7) is 1.33. The van der Waals surface area contributed by atoms with Crippen LogP contribution in [0.4, 0.5) is 0 Å². The Morgan fingerprint density at radius 1 is 1.35 bits per heavy atom. The summed E-state index contributed by atoms with van der Waals surface area (Å²) in [6, 6.07) is 7.82. The Hall–Kier alpha value is -0.430. The Morgan fingerprint density at radius 3 is 2.78 bits per heavy atom. The van der Waals surface area contributed by atoms with Gasteiger partial charge >= 0.3 is 0 Å². The third-order valence-corrected chi connectivity index (χ3v) is 5.21. The summed E-state index contributed by atoms with van der Waals surface area (Å²) in [7, 11) is 0. The van der Waals surface area contributed by atoms with Gasteiger partial charge in [0.15, 0.2) is 0 Å². The summed E-state index contributed by atoms with van der Waals surface area (Å²) in [5.41, 5.74) is 5.48. The monoisotopic (exact) mass is 422 g/mol. The predicted octanol–water partition coefficient (Wildman–Crippen LogP) is 3.37. The highest BCUT2D eigenvalue weighted by molar-refractivity contribution is 9.10. The van der Waals surface area contributed by atoms with E-state index in [4.69, 9.17) is 10.5 Å². The summed E-state index contributed by atoms with van der Waals surface area (Å²) >= 11 is 5.18. The summed E-state index contributed by atoms with van der Waals surface area (Å²) in [4.78, 5) is 12.0. The second-order valence-electron chi connectivity index (χ2n) is 5.54. The Bertz CT molecular complexity index is 499. The number of hydrogen-bond acceptors (Lipinski definition) is 4. The Kier molecular flexibility index (Phi) is 9.36. The number of nitrogens with one attached hydrogen (secondary N) is 1. The molecule has 0 unspecified atom stereocenters. The van der Waals surface area contributed by atoms with E-state index in [2.05, 4.69) is 21.2 Å². The average Bonchev–Trinajstić information content (AvgIpc) is 2.94. The van der Waals surface area contributed by atoms with Crippen LogP contribution in [0.15, 0.2) is 28.7 Å². The van der Waals surface area contributed by atoms with Crippen molar-refractivity contribution in [3.8, 4) is 5.75 Å². The molecular weight excluding hydrogens is 400 g/mol. The first-order chi connectivity index (χ1) is 10.6. The lowest BCUT2D eigenvalue weighted by atomic mass is 9.98. The minimum Gasteiger partial charge on any atom is -0.493 e. The van der Waals surface area contributed by atoms with Crippen LogP contribution in [0.25, 0.3) is 0 Å². The van der Waals surface area contributed by atoms with Gasteiger partial charge in [-0.3, -0.25) is 4.79 Å². The van der Waals surface area contributed by atoms with E-state index in [0.29, 0.717) is 13.2 Å². The van der Waals surface area contributed by atoms with Gasteiger partial charge in [-0.15, -0.1) is 12.4 Å². The van der Waals surface area contributed by atoms with Gasteiger partial charge in [-0.25, -0.2) is 0 Å². The normalized spacial score (nSPS) is 15.7. The first kappa shape index (κ1) is 20.6. The van der Waals surface area contributed by atoms with Crippen molar-refractivity contribution >= 4 is 46.0 Å². The van der Waals surface area contributed by atoms with E-state index in [1.807, 2.05) is 24.3 Å². The van der Waals surface area contributed by atoms with Crippen LogP contribution in [0.1, 0.15) is 25.7 Å². The Balaban J connectivity index is 0.00000264. The van der Waals surface area contributed by atoms with Gasteiger partial charge in [0.05, 0.1) is 12.1 Å². The molecule has 4 nitrogen and oxygen atoms in total. The molecule has 23 heavy (non-hydrogen) atoms. The van der Waals surface area contributed by atoms with Gasteiger partial charge in [0.1, 0.15) is 5.75 Å². The summed E-state index contributed by atoms with van der Waals surface area (Å²) in [5.74, 6) is 2.66. The van der Waals surface area contributed by atoms with E-state index in [0.717, 1.165) is 47.4 Å². The molecule has 0 saturated heterocycles. The number of hydrogen-bond donors (Lipinski definition) is 2. The molecule has 130 valence electrons. The minimum absolute atomic E-state index is 0. The van der Waals surface area contributed by atoms with E-state index < -0.39 is 5.54 Å². The average molecular weight is 424 g/mol. The molecule has 1 aromatic rings. The molecule has 1 fully saturated rings. The zero-order valence-corrected chi connectivity index (χ0v) is 16.3. The van der Waals surface area contributed by atoms with Crippen LogP contribution in [0.3, 0.4) is 0 Å². The van der Waals surface area contributed by atoms with Crippen LogP contribution >= 0.6 is 40.1 Å². The molecule has 0 spiro atoms. The first-order valence-electron chi connectivity index (χ1n) is 7.63. The molecule has 1 aromatic carbocycles. The standard InChI is InChI=1S/C16H23BrN2O2S.ClH/c17-13-4-3-5-14(12-13)21-9-11-22-10-8-19-15(20)16(18)6-1-2-7-16;/h3-5,12H,1-2,6-11,18H2,(H,19,20);1H. The van der Waals surface area contributed by atoms with Gasteiger partial charge in [-0.1, -0.05) is 34.8 Å². The van der Waals surface area contributed by atoms with Crippen molar-refractivity contribution in [2.75, 3.05) is 24.7 Å². The third-order valence-electron chi connectivity index (χ3n) is 3.77. The molecule has 1 saturated carbocycles. The van der Waals surface area contributed by atoms with Crippen molar-refractivity contribution in [3.63, 3.8) is 0 Å². The number of halogens is 2. The molecule has 3 N–H and O–H groups in total. The predicted molar refractivity (Wildman–Crippen MR) is 103 cm³/mol. The van der Waals surface area contributed by atoms with Crippen LogP contribution in [0, 0.1) is 0 Å². The third kappa shape index (κ3) is 6.91. The minimum atomic E-state index is -0.617. The number of amides is 1. The molecule has 7 heteroatoms. The first-order valence-corrected chi connectivity index (χ1v) is 9.58. The second-order valence-corrected chi connectivity index (χ2v) is 7.68. The van der Waals surface area contributed by atoms with Crippen LogP contribution in [0.2, 0.25) is 0 Å². The fraction of sp³-hybridized carbons (Fsp3) is 0.562. The van der Waals surface area contributed by atoms with Crippen LogP contribution < -0.4 is 15.8 Å². The molecular formula is C16H24BrClN2O2S. The molecule has 0 aromatic heterocycles. The van der Waals surface area contributed by atoms with Crippen molar-refractivity contribution in [1.82, 2.24) is 5.32 Å². The van der Waals surface area contributed by atoms with Crippen molar-refractivity contribution in [2.24, 2.45) is 5.73 Å². The molecule has 0 aliphatic heterocycles. The quantitative estimate of drug-likeness (QED) is 0.629. The van der Waals surface area contributed by atoms with Gasteiger partial charge in [0, 0.05) is 22.5 Å². The Morgan fingerprint density at radius 2 is 2.09 bits per heavy atom. The maximum atomic E-state index is 12.0. The van der Waals surface area contributed by atoms with Crippen molar-refractivity contribution in [3.05, 3.63) is 28.7 Å². The smallest absolute Gasteiger partial charge is 0.240 e. The summed E-state index contributed by atoms with van der Waals surface area (Å²) in [5, 5.41) is 2.95. The van der Waals surface area contributed by atoms with E-state index in [-0.39, 0.29) is 18.3 Å². The molecule has 0 radical (unpaired) electrons. The molecule has 1 aliphatic carbocycles. The molecule has 0 atom stereocenters. The topological polar surface area (TPSA) is 64.4 Å². The lowest BCUT2D eigenvalue weighted by Crippen LogP contribution is -2.52. The van der Waals surface area contributed by atoms with Crippen molar-refractivity contribution in [1.29, 1.82) is 0 Å². The van der Waals surface area contributed by atoms with Crippen LogP contribution in [-0.2, 0) is 4.79 Å². The molecule has 2 rings (SSSR count). The van der Waals surface area contributed by atoms with Crippen LogP contribution in [0.5, 0.6) is 5.75 Å².